The molecule has 0 aliphatic heterocycles. The highest BCUT2D eigenvalue weighted by atomic mass is 79.9. The lowest BCUT2D eigenvalue weighted by atomic mass is 10.0. The van der Waals surface area contributed by atoms with Crippen LogP contribution in [0.2, 0.25) is 0 Å². The number of hydrogen-bond donors (Lipinski definition) is 3. The largest absolute Gasteiger partial charge is 0.478 e. The van der Waals surface area contributed by atoms with Gasteiger partial charge >= 0.3 is 5.97 Å². The van der Waals surface area contributed by atoms with Gasteiger partial charge in [-0.1, -0.05) is 29.8 Å². The molecule has 1 aromatic rings. The van der Waals surface area contributed by atoms with E-state index in [0.29, 0.717) is 5.69 Å². The SMILES string of the molecule is CC(C)[C@@H](CO)Nc1cc(Br)ccc1C(=O)O. The van der Waals surface area contributed by atoms with E-state index >= 15 is 0 Å². The molecule has 94 valence electrons. The molecule has 0 aliphatic rings. The van der Waals surface area contributed by atoms with E-state index in [9.17, 15) is 9.90 Å². The average Bonchev–Trinajstić information content (AvgIpc) is 2.25. The van der Waals surface area contributed by atoms with Crippen LogP contribution in [0, 0.1) is 5.92 Å². The first kappa shape index (κ1) is 14.0. The maximum atomic E-state index is 11.1. The summed E-state index contributed by atoms with van der Waals surface area (Å²) in [5.74, 6) is -0.777. The quantitative estimate of drug-likeness (QED) is 0.782. The third-order valence-electron chi connectivity index (χ3n) is 2.55. The molecule has 0 heterocycles. The Morgan fingerprint density at radius 3 is 2.59 bits per heavy atom. The maximum Gasteiger partial charge on any atom is 0.337 e. The summed E-state index contributed by atoms with van der Waals surface area (Å²) in [6.45, 7) is 3.89. The fraction of sp³-hybridized carbons (Fsp3) is 0.417. The van der Waals surface area contributed by atoms with Gasteiger partial charge in [-0.2, -0.15) is 0 Å². The van der Waals surface area contributed by atoms with Crippen LogP contribution < -0.4 is 5.32 Å². The molecule has 0 radical (unpaired) electrons. The second-order valence-electron chi connectivity index (χ2n) is 4.17. The number of carbonyl (C=O) groups is 1. The van der Waals surface area contributed by atoms with Gasteiger partial charge in [0.1, 0.15) is 0 Å². The minimum Gasteiger partial charge on any atom is -0.478 e. The highest BCUT2D eigenvalue weighted by Gasteiger charge is 2.16. The lowest BCUT2D eigenvalue weighted by molar-refractivity contribution is 0.0697. The van der Waals surface area contributed by atoms with Gasteiger partial charge in [-0.15, -0.1) is 0 Å². The number of carboxylic acids is 1. The number of anilines is 1. The van der Waals surface area contributed by atoms with E-state index in [0.717, 1.165) is 4.47 Å². The van der Waals surface area contributed by atoms with Crippen molar-refractivity contribution in [2.45, 2.75) is 19.9 Å². The molecule has 4 nitrogen and oxygen atoms in total. The number of nitrogens with one attached hydrogen (secondary N) is 1. The number of carboxylic acid groups (broad SMARTS) is 1. The Labute approximate surface area is 109 Å². The second-order valence-corrected chi connectivity index (χ2v) is 5.09. The van der Waals surface area contributed by atoms with E-state index in [4.69, 9.17) is 5.11 Å². The summed E-state index contributed by atoms with van der Waals surface area (Å²) in [7, 11) is 0. The number of rotatable bonds is 5. The molecular formula is C12H16BrNO3. The van der Waals surface area contributed by atoms with Crippen LogP contribution in [0.25, 0.3) is 0 Å². The molecule has 3 N–H and O–H groups in total. The Kier molecular flexibility index (Phi) is 4.96. The molecule has 5 heteroatoms. The maximum absolute atomic E-state index is 11.1. The molecule has 0 saturated heterocycles. The second kappa shape index (κ2) is 6.02. The van der Waals surface area contributed by atoms with Crippen LogP contribution in [0.3, 0.4) is 0 Å². The topological polar surface area (TPSA) is 69.6 Å². The van der Waals surface area contributed by atoms with Gasteiger partial charge in [-0.3, -0.25) is 0 Å². The van der Waals surface area contributed by atoms with Crippen LogP contribution in [-0.4, -0.2) is 28.8 Å². The molecule has 0 spiro atoms. The normalized spacial score (nSPS) is 12.5. The molecule has 1 atom stereocenters. The first-order chi connectivity index (χ1) is 7.95. The Morgan fingerprint density at radius 1 is 1.47 bits per heavy atom. The zero-order valence-electron chi connectivity index (χ0n) is 9.77. The van der Waals surface area contributed by atoms with Crippen LogP contribution in [0.15, 0.2) is 22.7 Å². The zero-order chi connectivity index (χ0) is 13.0. The van der Waals surface area contributed by atoms with Crippen molar-refractivity contribution in [1.29, 1.82) is 0 Å². The smallest absolute Gasteiger partial charge is 0.337 e. The van der Waals surface area contributed by atoms with Crippen molar-refractivity contribution in [2.75, 3.05) is 11.9 Å². The third-order valence-corrected chi connectivity index (χ3v) is 3.05. The predicted molar refractivity (Wildman–Crippen MR) is 70.4 cm³/mol. The van der Waals surface area contributed by atoms with E-state index < -0.39 is 5.97 Å². The number of halogens is 1. The fourth-order valence-electron chi connectivity index (χ4n) is 1.45. The summed E-state index contributed by atoms with van der Waals surface area (Å²) in [6, 6.07) is 4.75. The van der Waals surface area contributed by atoms with Crippen LogP contribution in [0.1, 0.15) is 24.2 Å². The number of aromatic carboxylic acids is 1. The third kappa shape index (κ3) is 3.71. The lowest BCUT2D eigenvalue weighted by Crippen LogP contribution is -2.30. The van der Waals surface area contributed by atoms with Crippen LogP contribution in [0.4, 0.5) is 5.69 Å². The fourth-order valence-corrected chi connectivity index (χ4v) is 1.81. The average molecular weight is 302 g/mol. The summed E-state index contributed by atoms with van der Waals surface area (Å²) in [4.78, 5) is 11.1. The van der Waals surface area contributed by atoms with Crippen LogP contribution in [-0.2, 0) is 0 Å². The van der Waals surface area contributed by atoms with Crippen molar-refractivity contribution < 1.29 is 15.0 Å². The van der Waals surface area contributed by atoms with E-state index in [1.165, 1.54) is 6.07 Å². The Morgan fingerprint density at radius 2 is 2.12 bits per heavy atom. The Balaban J connectivity index is 3.03. The summed E-state index contributed by atoms with van der Waals surface area (Å²) < 4.78 is 0.797. The number of aliphatic hydroxyl groups excluding tert-OH is 1. The van der Waals surface area contributed by atoms with Crippen molar-refractivity contribution in [3.63, 3.8) is 0 Å². The molecule has 1 rings (SSSR count). The van der Waals surface area contributed by atoms with Gasteiger partial charge in [0.15, 0.2) is 0 Å². The van der Waals surface area contributed by atoms with E-state index in [2.05, 4.69) is 21.2 Å². The van der Waals surface area contributed by atoms with Gasteiger partial charge in [0.25, 0.3) is 0 Å². The molecule has 0 bridgehead atoms. The molecule has 1 aromatic carbocycles. The van der Waals surface area contributed by atoms with Crippen molar-refractivity contribution in [1.82, 2.24) is 0 Å². The van der Waals surface area contributed by atoms with Crippen molar-refractivity contribution >= 4 is 27.6 Å². The number of benzene rings is 1. The molecule has 0 aromatic heterocycles. The van der Waals surface area contributed by atoms with Gasteiger partial charge in [0, 0.05) is 4.47 Å². The molecule has 0 aliphatic carbocycles. The number of hydrogen-bond acceptors (Lipinski definition) is 3. The van der Waals surface area contributed by atoms with Crippen LogP contribution >= 0.6 is 15.9 Å². The highest BCUT2D eigenvalue weighted by Crippen LogP contribution is 2.23. The van der Waals surface area contributed by atoms with Crippen molar-refractivity contribution in [3.05, 3.63) is 28.2 Å². The highest BCUT2D eigenvalue weighted by molar-refractivity contribution is 9.10. The minimum absolute atomic E-state index is 0.0385. The number of aliphatic hydroxyl groups is 1. The molecule has 17 heavy (non-hydrogen) atoms. The molecular weight excluding hydrogens is 286 g/mol. The monoisotopic (exact) mass is 301 g/mol. The van der Waals surface area contributed by atoms with Gasteiger partial charge in [0.05, 0.1) is 23.9 Å². The standard InChI is InChI=1S/C12H16BrNO3/c1-7(2)11(6-15)14-10-5-8(13)3-4-9(10)12(16)17/h3-5,7,11,14-15H,6H2,1-2H3,(H,16,17)/t11-/m1/s1. The van der Waals surface area contributed by atoms with Crippen LogP contribution in [0.5, 0.6) is 0 Å². The zero-order valence-corrected chi connectivity index (χ0v) is 11.4. The first-order valence-electron chi connectivity index (χ1n) is 5.36. The van der Waals surface area contributed by atoms with Gasteiger partial charge in [-0.25, -0.2) is 4.79 Å². The summed E-state index contributed by atoms with van der Waals surface area (Å²) in [6.07, 6.45) is 0. The van der Waals surface area contributed by atoms with E-state index in [-0.39, 0.29) is 24.1 Å². The van der Waals surface area contributed by atoms with E-state index in [1.54, 1.807) is 12.1 Å². The molecule has 0 amide bonds. The molecule has 0 fully saturated rings. The minimum atomic E-state index is -0.986. The van der Waals surface area contributed by atoms with Crippen molar-refractivity contribution in [2.24, 2.45) is 5.92 Å². The van der Waals surface area contributed by atoms with E-state index in [1.807, 2.05) is 13.8 Å². The summed E-state index contributed by atoms with van der Waals surface area (Å²) in [5, 5.41) is 21.4. The summed E-state index contributed by atoms with van der Waals surface area (Å²) in [5.41, 5.74) is 0.715. The van der Waals surface area contributed by atoms with Gasteiger partial charge in [-0.05, 0) is 24.1 Å². The predicted octanol–water partition coefficient (Wildman–Crippen LogP) is 2.58. The van der Waals surface area contributed by atoms with Crippen molar-refractivity contribution in [3.8, 4) is 0 Å². The molecule has 0 unspecified atom stereocenters. The van der Waals surface area contributed by atoms with Gasteiger partial charge in [0.2, 0.25) is 0 Å². The Hall–Kier alpha value is -1.07. The lowest BCUT2D eigenvalue weighted by Gasteiger charge is -2.22. The summed E-state index contributed by atoms with van der Waals surface area (Å²) >= 11 is 3.30. The first-order valence-corrected chi connectivity index (χ1v) is 6.15. The Bertz CT molecular complexity index is 407. The molecule has 0 saturated carbocycles. The van der Waals surface area contributed by atoms with Gasteiger partial charge < -0.3 is 15.5 Å².